The van der Waals surface area contributed by atoms with E-state index in [1.165, 1.54) is 5.56 Å². The zero-order chi connectivity index (χ0) is 15.5. The lowest BCUT2D eigenvalue weighted by Crippen LogP contribution is -2.21. The van der Waals surface area contributed by atoms with Crippen molar-refractivity contribution in [1.82, 2.24) is 9.88 Å². The molecule has 4 heteroatoms. The van der Waals surface area contributed by atoms with Crippen LogP contribution < -0.4 is 5.32 Å². The van der Waals surface area contributed by atoms with Gasteiger partial charge in [0.15, 0.2) is 0 Å². The van der Waals surface area contributed by atoms with Crippen LogP contribution in [0.5, 0.6) is 0 Å². The number of esters is 1. The maximum atomic E-state index is 11.7. The van der Waals surface area contributed by atoms with E-state index in [0.717, 1.165) is 38.6 Å². The van der Waals surface area contributed by atoms with Crippen molar-refractivity contribution in [3.05, 3.63) is 24.0 Å². The Balaban J connectivity index is 2.51. The first-order valence-corrected chi connectivity index (χ1v) is 8.25. The molecule has 0 spiro atoms. The Morgan fingerprint density at radius 3 is 2.76 bits per heavy atom. The number of aromatic nitrogens is 1. The Hall–Kier alpha value is -1.29. The topological polar surface area (TPSA) is 43.3 Å². The Morgan fingerprint density at radius 2 is 2.10 bits per heavy atom. The molecule has 0 bridgehead atoms. The average molecular weight is 294 g/mol. The highest BCUT2D eigenvalue weighted by atomic mass is 16.5. The molecule has 21 heavy (non-hydrogen) atoms. The second kappa shape index (κ2) is 10.4. The fraction of sp³-hybridized carbons (Fsp3) is 0.706. The highest BCUT2D eigenvalue weighted by molar-refractivity contribution is 5.69. The number of nitrogens with zero attached hydrogens (tertiary/aromatic N) is 1. The van der Waals surface area contributed by atoms with Gasteiger partial charge in [-0.1, -0.05) is 33.6 Å². The van der Waals surface area contributed by atoms with Gasteiger partial charge in [0, 0.05) is 18.4 Å². The Morgan fingerprint density at radius 1 is 1.29 bits per heavy atom. The predicted molar refractivity (Wildman–Crippen MR) is 86.2 cm³/mol. The molecule has 0 aromatic carbocycles. The van der Waals surface area contributed by atoms with Gasteiger partial charge in [-0.05, 0) is 37.4 Å². The summed E-state index contributed by atoms with van der Waals surface area (Å²) in [5.74, 6) is -0.154. The number of carbonyl (C=O) groups excluding carboxylic acids is 1. The second-order valence-electron chi connectivity index (χ2n) is 5.49. The van der Waals surface area contributed by atoms with Crippen molar-refractivity contribution >= 4 is 5.97 Å². The first-order chi connectivity index (χ1) is 10.2. The molecule has 1 unspecified atom stereocenters. The van der Waals surface area contributed by atoms with Crippen molar-refractivity contribution < 1.29 is 9.53 Å². The quantitative estimate of drug-likeness (QED) is 0.500. The van der Waals surface area contributed by atoms with Crippen molar-refractivity contribution in [3.63, 3.8) is 0 Å². The van der Waals surface area contributed by atoms with Crippen LogP contribution in [0.25, 0.3) is 0 Å². The van der Waals surface area contributed by atoms with Crippen molar-refractivity contribution in [3.8, 4) is 0 Å². The SMILES string of the molecule is CCCCOC(=O)Cn1ccc(C(CCC)NCCC)c1. The van der Waals surface area contributed by atoms with Crippen molar-refractivity contribution in [1.29, 1.82) is 0 Å². The van der Waals surface area contributed by atoms with E-state index in [-0.39, 0.29) is 5.97 Å². The molecule has 0 aliphatic heterocycles. The third-order valence-electron chi connectivity index (χ3n) is 3.47. The normalized spacial score (nSPS) is 12.3. The summed E-state index contributed by atoms with van der Waals surface area (Å²) in [7, 11) is 0. The molecule has 4 nitrogen and oxygen atoms in total. The average Bonchev–Trinajstić information content (AvgIpc) is 2.92. The van der Waals surface area contributed by atoms with E-state index in [0.29, 0.717) is 19.2 Å². The molecule has 0 saturated heterocycles. The van der Waals surface area contributed by atoms with E-state index in [9.17, 15) is 4.79 Å². The molecule has 0 aliphatic rings. The minimum atomic E-state index is -0.154. The molecule has 120 valence electrons. The lowest BCUT2D eigenvalue weighted by molar-refractivity contribution is -0.144. The number of hydrogen-bond acceptors (Lipinski definition) is 3. The largest absolute Gasteiger partial charge is 0.464 e. The summed E-state index contributed by atoms with van der Waals surface area (Å²) in [5, 5.41) is 3.57. The number of nitrogens with one attached hydrogen (secondary N) is 1. The number of rotatable bonds is 11. The van der Waals surface area contributed by atoms with Crippen LogP contribution in [-0.2, 0) is 16.1 Å². The predicted octanol–water partition coefficient (Wildman–Crippen LogP) is 3.67. The van der Waals surface area contributed by atoms with Crippen LogP contribution in [-0.4, -0.2) is 23.7 Å². The zero-order valence-corrected chi connectivity index (χ0v) is 13.7. The summed E-state index contributed by atoms with van der Waals surface area (Å²) in [6.07, 6.45) is 9.39. The summed E-state index contributed by atoms with van der Waals surface area (Å²) in [6.45, 7) is 8.31. The van der Waals surface area contributed by atoms with E-state index >= 15 is 0 Å². The van der Waals surface area contributed by atoms with Gasteiger partial charge < -0.3 is 14.6 Å². The lowest BCUT2D eigenvalue weighted by atomic mass is 10.1. The van der Waals surface area contributed by atoms with Crippen LogP contribution in [0.4, 0.5) is 0 Å². The van der Waals surface area contributed by atoms with Crippen molar-refractivity contribution in [2.24, 2.45) is 0 Å². The molecule has 0 amide bonds. The van der Waals surface area contributed by atoms with Crippen molar-refractivity contribution in [2.75, 3.05) is 13.2 Å². The number of hydrogen-bond donors (Lipinski definition) is 1. The van der Waals surface area contributed by atoms with Gasteiger partial charge in [-0.25, -0.2) is 0 Å². The van der Waals surface area contributed by atoms with Gasteiger partial charge in [-0.2, -0.15) is 0 Å². The minimum Gasteiger partial charge on any atom is -0.464 e. The van der Waals surface area contributed by atoms with Gasteiger partial charge in [-0.15, -0.1) is 0 Å². The van der Waals surface area contributed by atoms with Gasteiger partial charge in [-0.3, -0.25) is 4.79 Å². The number of ether oxygens (including phenoxy) is 1. The van der Waals surface area contributed by atoms with Crippen LogP contribution in [0.1, 0.15) is 64.5 Å². The maximum Gasteiger partial charge on any atom is 0.325 e. The Labute approximate surface area is 128 Å². The maximum absolute atomic E-state index is 11.7. The van der Waals surface area contributed by atoms with E-state index in [1.807, 2.05) is 10.8 Å². The van der Waals surface area contributed by atoms with Crippen molar-refractivity contribution in [2.45, 2.75) is 65.5 Å². The summed E-state index contributed by atoms with van der Waals surface area (Å²) < 4.78 is 7.11. The Bertz CT molecular complexity index is 401. The summed E-state index contributed by atoms with van der Waals surface area (Å²) in [6, 6.07) is 2.48. The first kappa shape index (κ1) is 17.8. The summed E-state index contributed by atoms with van der Waals surface area (Å²) >= 11 is 0. The highest BCUT2D eigenvalue weighted by Gasteiger charge is 2.12. The van der Waals surface area contributed by atoms with Crippen LogP contribution in [0.15, 0.2) is 18.5 Å². The number of unbranched alkanes of at least 4 members (excludes halogenated alkanes) is 1. The molecule has 1 heterocycles. The van der Waals surface area contributed by atoms with Crippen LogP contribution in [0.2, 0.25) is 0 Å². The van der Waals surface area contributed by atoms with E-state index in [1.54, 1.807) is 0 Å². The van der Waals surface area contributed by atoms with Crippen LogP contribution in [0.3, 0.4) is 0 Å². The molecule has 0 radical (unpaired) electrons. The molecular weight excluding hydrogens is 264 g/mol. The zero-order valence-electron chi connectivity index (χ0n) is 13.7. The highest BCUT2D eigenvalue weighted by Crippen LogP contribution is 2.19. The molecule has 1 N–H and O–H groups in total. The standard InChI is InChI=1S/C17H30N2O2/c1-4-7-12-21-17(20)14-19-11-9-15(13-19)16(8-5-2)18-10-6-3/h9,11,13,16,18H,4-8,10,12,14H2,1-3H3. The minimum absolute atomic E-state index is 0.154. The smallest absolute Gasteiger partial charge is 0.325 e. The molecular formula is C17H30N2O2. The molecule has 1 rings (SSSR count). The van der Waals surface area contributed by atoms with Crippen LogP contribution in [0, 0.1) is 0 Å². The van der Waals surface area contributed by atoms with Crippen LogP contribution >= 0.6 is 0 Å². The molecule has 0 aliphatic carbocycles. The second-order valence-corrected chi connectivity index (χ2v) is 5.49. The Kier molecular flexibility index (Phi) is 8.83. The fourth-order valence-corrected chi connectivity index (χ4v) is 2.28. The number of carbonyl (C=O) groups is 1. The fourth-order valence-electron chi connectivity index (χ4n) is 2.28. The third-order valence-corrected chi connectivity index (χ3v) is 3.47. The van der Waals surface area contributed by atoms with E-state index in [4.69, 9.17) is 4.74 Å². The summed E-state index contributed by atoms with van der Waals surface area (Å²) in [4.78, 5) is 11.7. The van der Waals surface area contributed by atoms with Gasteiger partial charge in [0.05, 0.1) is 6.61 Å². The van der Waals surface area contributed by atoms with Gasteiger partial charge in [0.2, 0.25) is 0 Å². The molecule has 0 saturated carbocycles. The van der Waals surface area contributed by atoms with E-state index < -0.39 is 0 Å². The summed E-state index contributed by atoms with van der Waals surface area (Å²) in [5.41, 5.74) is 1.26. The van der Waals surface area contributed by atoms with Gasteiger partial charge >= 0.3 is 5.97 Å². The lowest BCUT2D eigenvalue weighted by Gasteiger charge is -2.16. The monoisotopic (exact) mass is 294 g/mol. The van der Waals surface area contributed by atoms with Gasteiger partial charge in [0.1, 0.15) is 6.54 Å². The van der Waals surface area contributed by atoms with Gasteiger partial charge in [0.25, 0.3) is 0 Å². The molecule has 0 fully saturated rings. The molecule has 1 atom stereocenters. The third kappa shape index (κ3) is 6.80. The molecule has 1 aromatic heterocycles. The van der Waals surface area contributed by atoms with E-state index in [2.05, 4.69) is 38.4 Å². The molecule has 1 aromatic rings. The first-order valence-electron chi connectivity index (χ1n) is 8.25.